The molecule has 4 nitrogen and oxygen atoms in total. The van der Waals surface area contributed by atoms with Crippen LogP contribution >= 0.6 is 0 Å². The van der Waals surface area contributed by atoms with Gasteiger partial charge in [-0.05, 0) is 26.4 Å². The second-order valence-corrected chi connectivity index (χ2v) is 3.42. The molecule has 0 bridgehead atoms. The van der Waals surface area contributed by atoms with Crippen molar-refractivity contribution in [2.75, 3.05) is 39.3 Å². The number of carbonyl (C=O) groups is 1. The number of hydrogen-bond donors (Lipinski definition) is 1. The highest BCUT2D eigenvalue weighted by atomic mass is 16.5. The minimum absolute atomic E-state index is 0.170. The quantitative estimate of drug-likeness (QED) is 0.459. The second kappa shape index (κ2) is 9.93. The summed E-state index contributed by atoms with van der Waals surface area (Å²) in [6.07, 6.45) is 1.17. The molecule has 0 aromatic carbocycles. The van der Waals surface area contributed by atoms with Gasteiger partial charge in [0.2, 0.25) is 0 Å². The Hall–Kier alpha value is -0.610. The molecule has 4 heteroatoms. The van der Waals surface area contributed by atoms with Crippen molar-refractivity contribution in [1.82, 2.24) is 10.2 Å². The standard InChI is InChI=1S/C11H24N2O2/c1-4-8-13(5-2)9-7-12-10-11(14)15-6-3/h12H,4-10H2,1-3H3. The van der Waals surface area contributed by atoms with Crippen molar-refractivity contribution in [2.24, 2.45) is 0 Å². The van der Waals surface area contributed by atoms with Gasteiger partial charge in [-0.1, -0.05) is 13.8 Å². The first-order chi connectivity index (χ1) is 7.24. The van der Waals surface area contributed by atoms with Gasteiger partial charge in [0, 0.05) is 13.1 Å². The van der Waals surface area contributed by atoms with E-state index in [1.54, 1.807) is 0 Å². The Balaban J connectivity index is 3.39. The van der Waals surface area contributed by atoms with Crippen LogP contribution in [0.4, 0.5) is 0 Å². The lowest BCUT2D eigenvalue weighted by atomic mass is 10.4. The van der Waals surface area contributed by atoms with Gasteiger partial charge in [-0.25, -0.2) is 0 Å². The summed E-state index contributed by atoms with van der Waals surface area (Å²) >= 11 is 0. The molecule has 0 aromatic heterocycles. The SMILES string of the molecule is CCCN(CC)CCNCC(=O)OCC. The summed E-state index contributed by atoms with van der Waals surface area (Å²) in [6, 6.07) is 0. The molecule has 0 radical (unpaired) electrons. The number of carbonyl (C=O) groups excluding carboxylic acids is 1. The third-order valence-electron chi connectivity index (χ3n) is 2.17. The van der Waals surface area contributed by atoms with Gasteiger partial charge in [-0.3, -0.25) is 4.79 Å². The van der Waals surface area contributed by atoms with Crippen LogP contribution in [0.2, 0.25) is 0 Å². The predicted octanol–water partition coefficient (Wildman–Crippen LogP) is 0.871. The van der Waals surface area contributed by atoms with Crippen LogP contribution in [-0.2, 0) is 9.53 Å². The number of rotatable bonds is 9. The van der Waals surface area contributed by atoms with Gasteiger partial charge < -0.3 is 15.0 Å². The zero-order valence-electron chi connectivity index (χ0n) is 10.2. The average Bonchev–Trinajstić information content (AvgIpc) is 2.23. The molecule has 0 amide bonds. The number of nitrogens with one attached hydrogen (secondary N) is 1. The largest absolute Gasteiger partial charge is 0.465 e. The molecular formula is C11H24N2O2. The maximum Gasteiger partial charge on any atom is 0.319 e. The third-order valence-corrected chi connectivity index (χ3v) is 2.17. The van der Waals surface area contributed by atoms with E-state index in [0.29, 0.717) is 13.2 Å². The van der Waals surface area contributed by atoms with Gasteiger partial charge >= 0.3 is 5.97 Å². The lowest BCUT2D eigenvalue weighted by molar-refractivity contribution is -0.142. The highest BCUT2D eigenvalue weighted by Crippen LogP contribution is 1.88. The van der Waals surface area contributed by atoms with Crippen LogP contribution in [-0.4, -0.2) is 50.2 Å². The van der Waals surface area contributed by atoms with Crippen molar-refractivity contribution in [2.45, 2.75) is 27.2 Å². The second-order valence-electron chi connectivity index (χ2n) is 3.42. The number of hydrogen-bond acceptors (Lipinski definition) is 4. The van der Waals surface area contributed by atoms with Crippen LogP contribution in [0.3, 0.4) is 0 Å². The van der Waals surface area contributed by atoms with Crippen LogP contribution < -0.4 is 5.32 Å². The number of esters is 1. The van der Waals surface area contributed by atoms with E-state index >= 15 is 0 Å². The van der Waals surface area contributed by atoms with E-state index in [9.17, 15) is 4.79 Å². The summed E-state index contributed by atoms with van der Waals surface area (Å²) in [5.74, 6) is -0.170. The smallest absolute Gasteiger partial charge is 0.319 e. The molecule has 0 saturated heterocycles. The van der Waals surface area contributed by atoms with Gasteiger partial charge in [0.1, 0.15) is 0 Å². The van der Waals surface area contributed by atoms with Gasteiger partial charge in [0.25, 0.3) is 0 Å². The molecule has 0 unspecified atom stereocenters. The lowest BCUT2D eigenvalue weighted by Crippen LogP contribution is -2.35. The van der Waals surface area contributed by atoms with Crippen molar-refractivity contribution in [3.8, 4) is 0 Å². The van der Waals surface area contributed by atoms with E-state index in [2.05, 4.69) is 24.1 Å². The Morgan fingerprint density at radius 1 is 1.27 bits per heavy atom. The fraction of sp³-hybridized carbons (Fsp3) is 0.909. The van der Waals surface area contributed by atoms with Crippen molar-refractivity contribution in [3.05, 3.63) is 0 Å². The van der Waals surface area contributed by atoms with Gasteiger partial charge in [-0.15, -0.1) is 0 Å². The molecule has 0 aliphatic rings. The first-order valence-electron chi connectivity index (χ1n) is 5.83. The van der Waals surface area contributed by atoms with Crippen LogP contribution in [0.1, 0.15) is 27.2 Å². The molecule has 0 atom stereocenters. The molecule has 0 aliphatic carbocycles. The zero-order chi connectivity index (χ0) is 11.5. The van der Waals surface area contributed by atoms with Gasteiger partial charge in [0.15, 0.2) is 0 Å². The summed E-state index contributed by atoms with van der Waals surface area (Å²) in [4.78, 5) is 13.3. The molecule has 0 fully saturated rings. The molecule has 0 heterocycles. The monoisotopic (exact) mass is 216 g/mol. The molecule has 0 saturated carbocycles. The number of ether oxygens (including phenoxy) is 1. The van der Waals surface area contributed by atoms with Crippen LogP contribution in [0, 0.1) is 0 Å². The summed E-state index contributed by atoms with van der Waals surface area (Å²) in [5.41, 5.74) is 0. The Morgan fingerprint density at radius 2 is 2.00 bits per heavy atom. The topological polar surface area (TPSA) is 41.6 Å². The molecule has 0 rings (SSSR count). The van der Waals surface area contributed by atoms with E-state index < -0.39 is 0 Å². The average molecular weight is 216 g/mol. The molecule has 0 aromatic rings. The van der Waals surface area contributed by atoms with Gasteiger partial charge in [-0.2, -0.15) is 0 Å². The molecule has 15 heavy (non-hydrogen) atoms. The summed E-state index contributed by atoms with van der Waals surface area (Å²) < 4.78 is 4.81. The van der Waals surface area contributed by atoms with Crippen molar-refractivity contribution >= 4 is 5.97 Å². The van der Waals surface area contributed by atoms with Crippen molar-refractivity contribution in [1.29, 1.82) is 0 Å². The van der Waals surface area contributed by atoms with E-state index in [4.69, 9.17) is 4.74 Å². The van der Waals surface area contributed by atoms with Crippen LogP contribution in [0.15, 0.2) is 0 Å². The molecule has 0 aliphatic heterocycles. The normalized spacial score (nSPS) is 10.7. The van der Waals surface area contributed by atoms with E-state index in [0.717, 1.165) is 26.2 Å². The van der Waals surface area contributed by atoms with Crippen molar-refractivity contribution in [3.63, 3.8) is 0 Å². The molecule has 1 N–H and O–H groups in total. The Kier molecular flexibility index (Phi) is 9.52. The minimum Gasteiger partial charge on any atom is -0.465 e. The predicted molar refractivity (Wildman–Crippen MR) is 61.9 cm³/mol. The van der Waals surface area contributed by atoms with E-state index in [1.807, 2.05) is 6.92 Å². The Labute approximate surface area is 93.0 Å². The first kappa shape index (κ1) is 14.4. The maximum absolute atomic E-state index is 11.0. The van der Waals surface area contributed by atoms with Crippen LogP contribution in [0.25, 0.3) is 0 Å². The Morgan fingerprint density at radius 3 is 2.53 bits per heavy atom. The fourth-order valence-corrected chi connectivity index (χ4v) is 1.38. The molecule has 0 spiro atoms. The van der Waals surface area contributed by atoms with E-state index in [-0.39, 0.29) is 5.97 Å². The summed E-state index contributed by atoms with van der Waals surface area (Å²) in [7, 11) is 0. The number of nitrogens with zero attached hydrogens (tertiary/aromatic N) is 1. The van der Waals surface area contributed by atoms with E-state index in [1.165, 1.54) is 6.42 Å². The first-order valence-corrected chi connectivity index (χ1v) is 5.83. The third kappa shape index (κ3) is 8.39. The highest BCUT2D eigenvalue weighted by Gasteiger charge is 2.02. The Bertz CT molecular complexity index is 163. The lowest BCUT2D eigenvalue weighted by Gasteiger charge is -2.19. The number of likely N-dealkylation sites (N-methyl/N-ethyl adjacent to an activating group) is 1. The van der Waals surface area contributed by atoms with Gasteiger partial charge in [0.05, 0.1) is 13.2 Å². The zero-order valence-corrected chi connectivity index (χ0v) is 10.2. The van der Waals surface area contributed by atoms with Crippen molar-refractivity contribution < 1.29 is 9.53 Å². The molecule has 90 valence electrons. The highest BCUT2D eigenvalue weighted by molar-refractivity contribution is 5.71. The summed E-state index contributed by atoms with van der Waals surface area (Å²) in [6.45, 7) is 10.9. The minimum atomic E-state index is -0.170. The molecular weight excluding hydrogens is 192 g/mol. The maximum atomic E-state index is 11.0. The van der Waals surface area contributed by atoms with Crippen LogP contribution in [0.5, 0.6) is 0 Å². The fourth-order valence-electron chi connectivity index (χ4n) is 1.38. The summed E-state index contributed by atoms with van der Waals surface area (Å²) in [5, 5.41) is 3.08.